The molecule has 2 rings (SSSR count). The van der Waals surface area contributed by atoms with Crippen LogP contribution in [0.5, 0.6) is 0 Å². The van der Waals surface area contributed by atoms with Gasteiger partial charge in [-0.1, -0.05) is 28.9 Å². The molecule has 0 saturated heterocycles. The van der Waals surface area contributed by atoms with Gasteiger partial charge in [-0.3, -0.25) is 0 Å². The van der Waals surface area contributed by atoms with Gasteiger partial charge in [0.05, 0.1) is 0 Å². The first-order chi connectivity index (χ1) is 7.99. The molecule has 0 aromatic heterocycles. The Morgan fingerprint density at radius 3 is 2.71 bits per heavy atom. The summed E-state index contributed by atoms with van der Waals surface area (Å²) in [4.78, 5) is 2.34. The van der Waals surface area contributed by atoms with Gasteiger partial charge in [0.15, 0.2) is 0 Å². The summed E-state index contributed by atoms with van der Waals surface area (Å²) in [6.45, 7) is 5.50. The monoisotopic (exact) mass is 296 g/mol. The summed E-state index contributed by atoms with van der Waals surface area (Å²) in [7, 11) is 2.17. The fourth-order valence-electron chi connectivity index (χ4n) is 2.34. The minimum atomic E-state index is 0.0807. The Morgan fingerprint density at radius 2 is 2.18 bits per heavy atom. The van der Waals surface area contributed by atoms with Crippen molar-refractivity contribution in [3.63, 3.8) is 0 Å². The predicted octanol–water partition coefficient (Wildman–Crippen LogP) is 3.56. The molecule has 0 aliphatic heterocycles. The van der Waals surface area contributed by atoms with Gasteiger partial charge < -0.3 is 10.6 Å². The Morgan fingerprint density at radius 1 is 1.53 bits per heavy atom. The van der Waals surface area contributed by atoms with Crippen LogP contribution in [-0.2, 0) is 0 Å². The van der Waals surface area contributed by atoms with Gasteiger partial charge in [-0.25, -0.2) is 0 Å². The first-order valence-electron chi connectivity index (χ1n) is 6.25. The highest BCUT2D eigenvalue weighted by molar-refractivity contribution is 9.10. The van der Waals surface area contributed by atoms with Gasteiger partial charge in [0.25, 0.3) is 0 Å². The topological polar surface area (TPSA) is 29.3 Å². The van der Waals surface area contributed by atoms with E-state index in [4.69, 9.17) is 5.73 Å². The van der Waals surface area contributed by atoms with Crippen molar-refractivity contribution in [2.75, 3.05) is 18.5 Å². The van der Waals surface area contributed by atoms with Gasteiger partial charge in [0.2, 0.25) is 0 Å². The Bertz CT molecular complexity index is 403. The molecule has 94 valence electrons. The summed E-state index contributed by atoms with van der Waals surface area (Å²) in [6, 6.07) is 6.44. The van der Waals surface area contributed by atoms with Gasteiger partial charge in [0.1, 0.15) is 0 Å². The molecule has 0 amide bonds. The van der Waals surface area contributed by atoms with Crippen LogP contribution in [0.2, 0.25) is 0 Å². The minimum Gasteiger partial charge on any atom is -0.374 e. The third-order valence-electron chi connectivity index (χ3n) is 3.68. The zero-order valence-electron chi connectivity index (χ0n) is 10.8. The standard InChI is InChI=1S/C14H21BrN2/c1-9-6-11(9)8-17(3)14-7-12(15)4-5-13(14)10(2)16/h4-5,7,9-11H,6,8,16H2,1-3H3. The van der Waals surface area contributed by atoms with Crippen LogP contribution < -0.4 is 10.6 Å². The lowest BCUT2D eigenvalue weighted by Crippen LogP contribution is -2.23. The summed E-state index contributed by atoms with van der Waals surface area (Å²) >= 11 is 3.54. The zero-order chi connectivity index (χ0) is 12.6. The number of benzene rings is 1. The number of anilines is 1. The average Bonchev–Trinajstić information content (AvgIpc) is 2.93. The molecule has 1 fully saturated rings. The van der Waals surface area contributed by atoms with E-state index in [-0.39, 0.29) is 6.04 Å². The molecule has 2 nitrogen and oxygen atoms in total. The highest BCUT2D eigenvalue weighted by atomic mass is 79.9. The normalized spacial score (nSPS) is 24.5. The molecule has 3 unspecified atom stereocenters. The first kappa shape index (κ1) is 12.9. The van der Waals surface area contributed by atoms with Crippen molar-refractivity contribution in [1.29, 1.82) is 0 Å². The molecule has 17 heavy (non-hydrogen) atoms. The third-order valence-corrected chi connectivity index (χ3v) is 4.17. The van der Waals surface area contributed by atoms with E-state index in [1.54, 1.807) is 0 Å². The number of hydrogen-bond acceptors (Lipinski definition) is 2. The van der Waals surface area contributed by atoms with Gasteiger partial charge in [0, 0.05) is 29.8 Å². The van der Waals surface area contributed by atoms with Crippen molar-refractivity contribution in [2.24, 2.45) is 17.6 Å². The van der Waals surface area contributed by atoms with Crippen molar-refractivity contribution in [3.05, 3.63) is 28.2 Å². The first-order valence-corrected chi connectivity index (χ1v) is 7.04. The van der Waals surface area contributed by atoms with Crippen LogP contribution in [0.25, 0.3) is 0 Å². The van der Waals surface area contributed by atoms with Crippen molar-refractivity contribution < 1.29 is 0 Å². The number of hydrogen-bond donors (Lipinski definition) is 1. The molecule has 0 bridgehead atoms. The predicted molar refractivity (Wildman–Crippen MR) is 77.3 cm³/mol. The highest BCUT2D eigenvalue weighted by Gasteiger charge is 2.33. The van der Waals surface area contributed by atoms with Crippen LogP contribution in [0.3, 0.4) is 0 Å². The maximum atomic E-state index is 6.03. The molecular weight excluding hydrogens is 276 g/mol. The van der Waals surface area contributed by atoms with E-state index in [1.165, 1.54) is 17.7 Å². The van der Waals surface area contributed by atoms with E-state index >= 15 is 0 Å². The lowest BCUT2D eigenvalue weighted by atomic mass is 10.1. The van der Waals surface area contributed by atoms with Crippen LogP contribution >= 0.6 is 15.9 Å². The van der Waals surface area contributed by atoms with Gasteiger partial charge in [-0.2, -0.15) is 0 Å². The number of nitrogens with two attached hydrogens (primary N) is 1. The molecule has 0 radical (unpaired) electrons. The Labute approximate surface area is 112 Å². The molecule has 1 aromatic carbocycles. The van der Waals surface area contributed by atoms with Crippen molar-refractivity contribution >= 4 is 21.6 Å². The van der Waals surface area contributed by atoms with Gasteiger partial charge in [-0.05, 0) is 42.9 Å². The SMILES string of the molecule is CC(N)c1ccc(Br)cc1N(C)CC1CC1C. The second-order valence-electron chi connectivity index (χ2n) is 5.35. The largest absolute Gasteiger partial charge is 0.374 e. The average molecular weight is 297 g/mol. The van der Waals surface area contributed by atoms with Crippen molar-refractivity contribution in [2.45, 2.75) is 26.3 Å². The molecular formula is C14H21BrN2. The second kappa shape index (κ2) is 4.99. The summed E-state index contributed by atoms with van der Waals surface area (Å²) in [5.74, 6) is 1.75. The fraction of sp³-hybridized carbons (Fsp3) is 0.571. The van der Waals surface area contributed by atoms with E-state index in [0.29, 0.717) is 0 Å². The summed E-state index contributed by atoms with van der Waals surface area (Å²) in [6.07, 6.45) is 1.37. The number of rotatable bonds is 4. The molecule has 3 atom stereocenters. The second-order valence-corrected chi connectivity index (χ2v) is 6.26. The molecule has 2 N–H and O–H groups in total. The summed E-state index contributed by atoms with van der Waals surface area (Å²) < 4.78 is 1.12. The van der Waals surface area contributed by atoms with E-state index in [1.807, 2.05) is 6.92 Å². The van der Waals surface area contributed by atoms with Gasteiger partial charge >= 0.3 is 0 Å². The summed E-state index contributed by atoms with van der Waals surface area (Å²) in [5, 5.41) is 0. The quantitative estimate of drug-likeness (QED) is 0.920. The van der Waals surface area contributed by atoms with Crippen molar-refractivity contribution in [1.82, 2.24) is 0 Å². The molecule has 1 saturated carbocycles. The molecule has 0 heterocycles. The Kier molecular flexibility index (Phi) is 3.79. The third kappa shape index (κ3) is 3.02. The minimum absolute atomic E-state index is 0.0807. The van der Waals surface area contributed by atoms with E-state index < -0.39 is 0 Å². The van der Waals surface area contributed by atoms with Crippen LogP contribution in [0.4, 0.5) is 5.69 Å². The molecule has 3 heteroatoms. The lowest BCUT2D eigenvalue weighted by molar-refractivity contribution is 0.716. The van der Waals surface area contributed by atoms with Crippen molar-refractivity contribution in [3.8, 4) is 0 Å². The van der Waals surface area contributed by atoms with E-state index in [2.05, 4.69) is 53.0 Å². The highest BCUT2D eigenvalue weighted by Crippen LogP contribution is 2.39. The zero-order valence-corrected chi connectivity index (χ0v) is 12.4. The molecule has 1 aliphatic carbocycles. The van der Waals surface area contributed by atoms with Crippen LogP contribution in [0, 0.1) is 11.8 Å². The van der Waals surface area contributed by atoms with Crippen LogP contribution in [0.15, 0.2) is 22.7 Å². The van der Waals surface area contributed by atoms with Crippen LogP contribution in [-0.4, -0.2) is 13.6 Å². The fourth-order valence-corrected chi connectivity index (χ4v) is 2.69. The van der Waals surface area contributed by atoms with E-state index in [0.717, 1.165) is 22.9 Å². The number of halogens is 1. The number of nitrogens with zero attached hydrogens (tertiary/aromatic N) is 1. The maximum absolute atomic E-state index is 6.03. The smallest absolute Gasteiger partial charge is 0.0423 e. The molecule has 0 spiro atoms. The van der Waals surface area contributed by atoms with Crippen LogP contribution in [0.1, 0.15) is 31.9 Å². The molecule has 1 aromatic rings. The molecule has 1 aliphatic rings. The lowest BCUT2D eigenvalue weighted by Gasteiger charge is -2.24. The summed E-state index contributed by atoms with van der Waals surface area (Å²) in [5.41, 5.74) is 8.52. The Balaban J connectivity index is 2.19. The Hall–Kier alpha value is -0.540. The maximum Gasteiger partial charge on any atom is 0.0423 e. The van der Waals surface area contributed by atoms with Gasteiger partial charge in [-0.15, -0.1) is 0 Å². The van der Waals surface area contributed by atoms with E-state index in [9.17, 15) is 0 Å².